The maximum absolute atomic E-state index is 5.04. The molecule has 0 radical (unpaired) electrons. The summed E-state index contributed by atoms with van der Waals surface area (Å²) in [6, 6.07) is 0. The Kier molecular flexibility index (Phi) is 11.7. The molecule has 114 valence electrons. The molecule has 1 aliphatic carbocycles. The van der Waals surface area contributed by atoms with Crippen molar-refractivity contribution in [2.75, 3.05) is 33.4 Å². The molecule has 0 aliphatic heterocycles. The lowest BCUT2D eigenvalue weighted by molar-refractivity contribution is 0.203. The van der Waals surface area contributed by atoms with Crippen LogP contribution in [0.15, 0.2) is 4.99 Å². The highest BCUT2D eigenvalue weighted by molar-refractivity contribution is 14.0. The Morgan fingerprint density at radius 1 is 1.26 bits per heavy atom. The van der Waals surface area contributed by atoms with Crippen molar-refractivity contribution >= 4 is 29.9 Å². The van der Waals surface area contributed by atoms with Crippen LogP contribution >= 0.6 is 24.0 Å². The second-order valence-corrected chi connectivity index (χ2v) is 5.16. The maximum atomic E-state index is 5.04. The first-order valence-electron chi connectivity index (χ1n) is 7.29. The third-order valence-electron chi connectivity index (χ3n) is 3.72. The second-order valence-electron chi connectivity index (χ2n) is 5.16. The summed E-state index contributed by atoms with van der Waals surface area (Å²) >= 11 is 0. The van der Waals surface area contributed by atoms with E-state index in [1.54, 1.807) is 7.11 Å². The van der Waals surface area contributed by atoms with E-state index in [9.17, 15) is 0 Å². The molecule has 2 N–H and O–H groups in total. The van der Waals surface area contributed by atoms with Gasteiger partial charge in [0, 0.05) is 26.7 Å². The molecule has 0 aromatic carbocycles. The molecule has 0 bridgehead atoms. The smallest absolute Gasteiger partial charge is 0.191 e. The van der Waals surface area contributed by atoms with E-state index in [4.69, 9.17) is 9.73 Å². The lowest BCUT2D eigenvalue weighted by atomic mass is 9.80. The molecule has 1 saturated carbocycles. The van der Waals surface area contributed by atoms with Crippen LogP contribution in [0.5, 0.6) is 0 Å². The van der Waals surface area contributed by atoms with Gasteiger partial charge in [-0.25, -0.2) is 0 Å². The van der Waals surface area contributed by atoms with Gasteiger partial charge in [0.15, 0.2) is 5.96 Å². The average Bonchev–Trinajstić information content (AvgIpc) is 2.38. The highest BCUT2D eigenvalue weighted by Gasteiger charge is 2.20. The van der Waals surface area contributed by atoms with E-state index in [-0.39, 0.29) is 24.0 Å². The molecule has 1 rings (SSSR count). The van der Waals surface area contributed by atoms with Crippen molar-refractivity contribution in [3.8, 4) is 0 Å². The predicted molar refractivity (Wildman–Crippen MR) is 92.4 cm³/mol. The summed E-state index contributed by atoms with van der Waals surface area (Å²) < 4.78 is 5.04. The third kappa shape index (κ3) is 7.97. The molecule has 1 fully saturated rings. The number of guanidine groups is 1. The van der Waals surface area contributed by atoms with Crippen LogP contribution in [0.4, 0.5) is 0 Å². The summed E-state index contributed by atoms with van der Waals surface area (Å²) in [5.74, 6) is 2.51. The number of halogens is 1. The van der Waals surface area contributed by atoms with Crippen molar-refractivity contribution < 1.29 is 4.74 Å². The predicted octanol–water partition coefficient (Wildman–Crippen LogP) is 2.63. The van der Waals surface area contributed by atoms with E-state index in [1.165, 1.54) is 25.7 Å². The Bertz CT molecular complexity index is 249. The van der Waals surface area contributed by atoms with Crippen LogP contribution in [0.25, 0.3) is 0 Å². The molecule has 2 atom stereocenters. The number of nitrogens with one attached hydrogen (secondary N) is 2. The van der Waals surface area contributed by atoms with Crippen LogP contribution in [-0.2, 0) is 4.74 Å². The zero-order chi connectivity index (χ0) is 13.2. The molecular weight excluding hydrogens is 353 g/mol. The van der Waals surface area contributed by atoms with Crippen molar-refractivity contribution in [2.45, 2.75) is 39.5 Å². The molecular formula is C14H30IN3O. The van der Waals surface area contributed by atoms with E-state index in [1.807, 2.05) is 0 Å². The molecule has 0 heterocycles. The fraction of sp³-hybridized carbons (Fsp3) is 0.929. The lowest BCUT2D eigenvalue weighted by Gasteiger charge is -2.27. The Hall–Kier alpha value is -0.0400. The summed E-state index contributed by atoms with van der Waals surface area (Å²) in [6.07, 6.45) is 5.47. The molecule has 0 spiro atoms. The van der Waals surface area contributed by atoms with Gasteiger partial charge >= 0.3 is 0 Å². The maximum Gasteiger partial charge on any atom is 0.191 e. The molecule has 19 heavy (non-hydrogen) atoms. The van der Waals surface area contributed by atoms with E-state index >= 15 is 0 Å². The summed E-state index contributed by atoms with van der Waals surface area (Å²) in [5, 5.41) is 6.57. The number of nitrogens with zero attached hydrogens (tertiary/aromatic N) is 1. The van der Waals surface area contributed by atoms with Crippen molar-refractivity contribution in [1.82, 2.24) is 10.6 Å². The van der Waals surface area contributed by atoms with Gasteiger partial charge in [0.05, 0.1) is 6.61 Å². The standard InChI is InChI=1S/C14H29N3O.HI/c1-4-15-14(16-9-10-18-3)17-11-13-8-6-5-7-12(13)2;/h12-13H,4-11H2,1-3H3,(H2,15,16,17);1H. The zero-order valence-corrected chi connectivity index (χ0v) is 14.9. The first-order chi connectivity index (χ1) is 8.77. The summed E-state index contributed by atoms with van der Waals surface area (Å²) in [6.45, 7) is 7.83. The minimum atomic E-state index is 0. The fourth-order valence-electron chi connectivity index (χ4n) is 2.49. The monoisotopic (exact) mass is 383 g/mol. The Morgan fingerprint density at radius 3 is 2.63 bits per heavy atom. The van der Waals surface area contributed by atoms with Gasteiger partial charge in [-0.15, -0.1) is 24.0 Å². The van der Waals surface area contributed by atoms with Gasteiger partial charge < -0.3 is 15.4 Å². The first-order valence-corrected chi connectivity index (χ1v) is 7.29. The van der Waals surface area contributed by atoms with Crippen LogP contribution in [0, 0.1) is 11.8 Å². The Labute approximate surface area is 135 Å². The topological polar surface area (TPSA) is 45.7 Å². The summed E-state index contributed by atoms with van der Waals surface area (Å²) in [7, 11) is 1.72. The van der Waals surface area contributed by atoms with Crippen molar-refractivity contribution in [2.24, 2.45) is 16.8 Å². The average molecular weight is 383 g/mol. The third-order valence-corrected chi connectivity index (χ3v) is 3.72. The molecule has 5 heteroatoms. The van der Waals surface area contributed by atoms with Crippen molar-refractivity contribution in [1.29, 1.82) is 0 Å². The van der Waals surface area contributed by atoms with Gasteiger partial charge in [-0.2, -0.15) is 0 Å². The molecule has 0 saturated heterocycles. The van der Waals surface area contributed by atoms with Crippen LogP contribution < -0.4 is 10.6 Å². The van der Waals surface area contributed by atoms with Gasteiger partial charge in [0.25, 0.3) is 0 Å². The normalized spacial score (nSPS) is 23.6. The van der Waals surface area contributed by atoms with E-state index < -0.39 is 0 Å². The van der Waals surface area contributed by atoms with Gasteiger partial charge in [-0.05, 0) is 25.2 Å². The quantitative estimate of drug-likeness (QED) is 0.321. The van der Waals surface area contributed by atoms with Gasteiger partial charge in [0.2, 0.25) is 0 Å². The fourth-order valence-corrected chi connectivity index (χ4v) is 2.49. The van der Waals surface area contributed by atoms with Gasteiger partial charge in [0.1, 0.15) is 0 Å². The molecule has 0 aromatic rings. The number of hydrogen-bond acceptors (Lipinski definition) is 2. The highest BCUT2D eigenvalue weighted by atomic mass is 127. The molecule has 2 unspecified atom stereocenters. The van der Waals surface area contributed by atoms with Crippen LogP contribution in [-0.4, -0.2) is 39.3 Å². The molecule has 0 amide bonds. The lowest BCUT2D eigenvalue weighted by Crippen LogP contribution is -2.39. The molecule has 1 aliphatic rings. The Balaban J connectivity index is 0.00000324. The molecule has 0 aromatic heterocycles. The number of aliphatic imine (C=N–C) groups is 1. The van der Waals surface area contributed by atoms with Gasteiger partial charge in [-0.1, -0.05) is 26.2 Å². The minimum absolute atomic E-state index is 0. The van der Waals surface area contributed by atoms with Crippen LogP contribution in [0.1, 0.15) is 39.5 Å². The van der Waals surface area contributed by atoms with Crippen molar-refractivity contribution in [3.63, 3.8) is 0 Å². The first kappa shape index (κ1) is 19.0. The Morgan fingerprint density at radius 2 is 2.00 bits per heavy atom. The number of hydrogen-bond donors (Lipinski definition) is 2. The minimum Gasteiger partial charge on any atom is -0.383 e. The summed E-state index contributed by atoms with van der Waals surface area (Å²) in [5.41, 5.74) is 0. The molecule has 4 nitrogen and oxygen atoms in total. The largest absolute Gasteiger partial charge is 0.383 e. The van der Waals surface area contributed by atoms with E-state index in [0.717, 1.165) is 37.4 Å². The van der Waals surface area contributed by atoms with E-state index in [2.05, 4.69) is 24.5 Å². The highest BCUT2D eigenvalue weighted by Crippen LogP contribution is 2.29. The SMILES string of the molecule is CCNC(=NCC1CCCCC1C)NCCOC.I. The number of methoxy groups -OCH3 is 1. The van der Waals surface area contributed by atoms with E-state index in [0.29, 0.717) is 6.61 Å². The van der Waals surface area contributed by atoms with Crippen LogP contribution in [0.2, 0.25) is 0 Å². The van der Waals surface area contributed by atoms with Crippen molar-refractivity contribution in [3.05, 3.63) is 0 Å². The zero-order valence-electron chi connectivity index (χ0n) is 12.6. The van der Waals surface area contributed by atoms with Gasteiger partial charge in [-0.3, -0.25) is 4.99 Å². The number of ether oxygens (including phenoxy) is 1. The number of rotatable bonds is 6. The second kappa shape index (κ2) is 11.8. The van der Waals surface area contributed by atoms with Crippen LogP contribution in [0.3, 0.4) is 0 Å². The summed E-state index contributed by atoms with van der Waals surface area (Å²) in [4.78, 5) is 4.70.